The van der Waals surface area contributed by atoms with Crippen LogP contribution in [0.1, 0.15) is 37.8 Å². The Morgan fingerprint density at radius 3 is 2.20 bits per heavy atom. The van der Waals surface area contributed by atoms with Crippen LogP contribution in [0, 0.1) is 6.92 Å². The van der Waals surface area contributed by atoms with Gasteiger partial charge in [-0.25, -0.2) is 4.79 Å². The molecule has 2 N–H and O–H groups in total. The normalized spacial score (nSPS) is 12.5. The van der Waals surface area contributed by atoms with Gasteiger partial charge in [0.25, 0.3) is 0 Å². The van der Waals surface area contributed by atoms with Crippen LogP contribution in [0.2, 0.25) is 0 Å². The van der Waals surface area contributed by atoms with Crippen molar-refractivity contribution >= 4 is 30.1 Å². The van der Waals surface area contributed by atoms with E-state index in [1.165, 1.54) is 19.6 Å². The van der Waals surface area contributed by atoms with Gasteiger partial charge in [0, 0.05) is 21.1 Å². The molecule has 1 aromatic rings. The molecule has 1 rings (SSSR count). The number of carbonyl (C=O) groups excluding carboxylic acids is 2. The number of hydrogen-bond acceptors (Lipinski definition) is 6. The quantitative estimate of drug-likeness (QED) is 0.736. The molecule has 0 saturated carbocycles. The molecule has 0 aliphatic heterocycles. The molecule has 0 aliphatic carbocycles. The molecular weight excluding hydrogens is 363 g/mol. The molecule has 1 unspecified atom stereocenters. The molecule has 0 radical (unpaired) electrons. The molecule has 142 valence electrons. The number of amides is 2. The minimum Gasteiger partial charge on any atom is -0.410 e. The van der Waals surface area contributed by atoms with Crippen LogP contribution in [-0.2, 0) is 13.9 Å². The van der Waals surface area contributed by atoms with E-state index in [0.717, 1.165) is 16.9 Å². The maximum atomic E-state index is 11.2. The number of nitrogens with one attached hydrogen (secondary N) is 2. The summed E-state index contributed by atoms with van der Waals surface area (Å²) < 4.78 is 20.8. The molecule has 1 atom stereocenters. The van der Waals surface area contributed by atoms with Gasteiger partial charge in [0.1, 0.15) is 5.75 Å². The third-order valence-electron chi connectivity index (χ3n) is 2.93. The summed E-state index contributed by atoms with van der Waals surface area (Å²) in [5.74, 6) is 0.675. The first-order valence-electron chi connectivity index (χ1n) is 7.58. The number of benzene rings is 1. The van der Waals surface area contributed by atoms with Gasteiger partial charge < -0.3 is 14.6 Å². The molecule has 0 saturated heterocycles. The van der Waals surface area contributed by atoms with Crippen molar-refractivity contribution in [1.29, 1.82) is 0 Å². The second-order valence-corrected chi connectivity index (χ2v) is 9.89. The molecule has 9 heteroatoms. The summed E-state index contributed by atoms with van der Waals surface area (Å²) in [6.45, 7) is 4.58. The highest BCUT2D eigenvalue weighted by atomic mass is 32.7. The molecule has 0 aliphatic rings. The molecule has 0 aromatic heterocycles. The second-order valence-electron chi connectivity index (χ2n) is 5.40. The number of carbonyl (C=O) groups is 2. The van der Waals surface area contributed by atoms with E-state index in [0.29, 0.717) is 11.7 Å². The molecule has 7 nitrogen and oxygen atoms in total. The summed E-state index contributed by atoms with van der Waals surface area (Å²) >= 11 is 1.00. The molecule has 0 heterocycles. The van der Waals surface area contributed by atoms with E-state index in [4.69, 9.17) is 4.74 Å². The van der Waals surface area contributed by atoms with Crippen molar-refractivity contribution in [2.24, 2.45) is 0 Å². The maximum Gasteiger partial charge on any atom is 0.412 e. The standard InChI is InChI=1S/C12H17NO2.C4H10NO3PS/c1-8(2)10-5-9(3)6-11(7-10)15-12(14)13-4;1-4(6)5-9(7,8-2)10-3/h5-8H,1-4H3,(H,13,14);1-3H3,(H,5,6,7). The summed E-state index contributed by atoms with van der Waals surface area (Å²) in [7, 11) is 2.84. The van der Waals surface area contributed by atoms with Gasteiger partial charge in [0.15, 0.2) is 0 Å². The Morgan fingerprint density at radius 1 is 1.24 bits per heavy atom. The lowest BCUT2D eigenvalue weighted by atomic mass is 10.0. The van der Waals surface area contributed by atoms with Gasteiger partial charge in [-0.05, 0) is 42.4 Å². The predicted molar refractivity (Wildman–Crippen MR) is 102 cm³/mol. The van der Waals surface area contributed by atoms with Gasteiger partial charge in [-0.2, -0.15) is 0 Å². The summed E-state index contributed by atoms with van der Waals surface area (Å²) in [6, 6.07) is 5.84. The third-order valence-corrected chi connectivity index (χ3v) is 6.64. The Kier molecular flexibility index (Phi) is 10.5. The van der Waals surface area contributed by atoms with E-state index < -0.39 is 12.8 Å². The minimum absolute atomic E-state index is 0.348. The van der Waals surface area contributed by atoms with Crippen molar-refractivity contribution in [3.63, 3.8) is 0 Å². The highest BCUT2D eigenvalue weighted by molar-refractivity contribution is 8.55. The molecular formula is C16H27N2O5PS. The van der Waals surface area contributed by atoms with Gasteiger partial charge in [0.2, 0.25) is 5.91 Å². The summed E-state index contributed by atoms with van der Waals surface area (Å²) in [6.07, 6.45) is 1.18. The van der Waals surface area contributed by atoms with Crippen LogP contribution >= 0.6 is 18.1 Å². The molecule has 0 fully saturated rings. The minimum atomic E-state index is -2.92. The first-order chi connectivity index (χ1) is 11.6. The molecule has 0 bridgehead atoms. The SMILES string of the molecule is CNC(=O)Oc1cc(C)cc(C(C)C)c1.COP(=O)(NC(C)=O)SC. The Bertz CT molecular complexity index is 629. The number of aryl methyl sites for hydroxylation is 1. The maximum absolute atomic E-state index is 11.2. The van der Waals surface area contributed by atoms with Crippen LogP contribution in [0.25, 0.3) is 0 Å². The summed E-state index contributed by atoms with van der Waals surface area (Å²) in [5.41, 5.74) is 2.27. The number of ether oxygens (including phenoxy) is 1. The Balaban J connectivity index is 0.000000504. The topological polar surface area (TPSA) is 93.7 Å². The van der Waals surface area contributed by atoms with Crippen molar-refractivity contribution in [1.82, 2.24) is 10.4 Å². The van der Waals surface area contributed by atoms with E-state index in [1.54, 1.807) is 13.3 Å². The van der Waals surface area contributed by atoms with Crippen molar-refractivity contribution in [2.75, 3.05) is 20.4 Å². The van der Waals surface area contributed by atoms with Crippen LogP contribution in [0.3, 0.4) is 0 Å². The predicted octanol–water partition coefficient (Wildman–Crippen LogP) is 4.08. The third kappa shape index (κ3) is 9.53. The zero-order valence-electron chi connectivity index (χ0n) is 15.7. The fourth-order valence-electron chi connectivity index (χ4n) is 1.69. The van der Waals surface area contributed by atoms with E-state index >= 15 is 0 Å². The van der Waals surface area contributed by atoms with Crippen molar-refractivity contribution < 1.29 is 23.4 Å². The van der Waals surface area contributed by atoms with Crippen LogP contribution in [0.15, 0.2) is 18.2 Å². The van der Waals surface area contributed by atoms with Crippen LogP contribution < -0.4 is 15.1 Å². The lowest BCUT2D eigenvalue weighted by molar-refractivity contribution is -0.117. The van der Waals surface area contributed by atoms with Crippen molar-refractivity contribution in [3.8, 4) is 5.75 Å². The van der Waals surface area contributed by atoms with E-state index in [-0.39, 0.29) is 5.91 Å². The fourth-order valence-corrected chi connectivity index (χ4v) is 3.51. The first kappa shape index (κ1) is 23.5. The largest absolute Gasteiger partial charge is 0.412 e. The van der Waals surface area contributed by atoms with E-state index in [1.807, 2.05) is 19.1 Å². The van der Waals surface area contributed by atoms with Crippen molar-refractivity contribution in [3.05, 3.63) is 29.3 Å². The zero-order chi connectivity index (χ0) is 19.6. The Hall–Kier alpha value is -1.50. The lowest BCUT2D eigenvalue weighted by Crippen LogP contribution is -2.22. The lowest BCUT2D eigenvalue weighted by Gasteiger charge is -2.11. The zero-order valence-corrected chi connectivity index (χ0v) is 17.4. The fraction of sp³-hybridized carbons (Fsp3) is 0.500. The van der Waals surface area contributed by atoms with Crippen LogP contribution in [0.5, 0.6) is 5.75 Å². The van der Waals surface area contributed by atoms with Gasteiger partial charge >= 0.3 is 12.8 Å². The molecule has 1 aromatic carbocycles. The first-order valence-corrected chi connectivity index (χ1v) is 11.0. The highest BCUT2D eigenvalue weighted by Crippen LogP contribution is 2.53. The second kappa shape index (κ2) is 11.2. The Labute approximate surface area is 153 Å². The average molecular weight is 390 g/mol. The molecule has 2 amide bonds. The summed E-state index contributed by atoms with van der Waals surface area (Å²) in [5, 5.41) is 4.63. The van der Waals surface area contributed by atoms with E-state index in [2.05, 4.69) is 34.8 Å². The number of rotatable bonds is 5. The smallest absolute Gasteiger partial charge is 0.410 e. The van der Waals surface area contributed by atoms with Gasteiger partial charge in [-0.15, -0.1) is 0 Å². The van der Waals surface area contributed by atoms with Gasteiger partial charge in [0.05, 0.1) is 0 Å². The summed E-state index contributed by atoms with van der Waals surface area (Å²) in [4.78, 5) is 21.4. The molecule has 0 spiro atoms. The average Bonchev–Trinajstić information content (AvgIpc) is 2.54. The van der Waals surface area contributed by atoms with Gasteiger partial charge in [-0.3, -0.25) is 14.4 Å². The Morgan fingerprint density at radius 2 is 1.84 bits per heavy atom. The molecule has 25 heavy (non-hydrogen) atoms. The number of hydrogen-bond donors (Lipinski definition) is 2. The van der Waals surface area contributed by atoms with Crippen LogP contribution in [0.4, 0.5) is 4.79 Å². The van der Waals surface area contributed by atoms with E-state index in [9.17, 15) is 14.2 Å². The van der Waals surface area contributed by atoms with Gasteiger partial charge in [-0.1, -0.05) is 31.3 Å². The monoisotopic (exact) mass is 390 g/mol. The van der Waals surface area contributed by atoms with Crippen LogP contribution in [-0.4, -0.2) is 32.4 Å². The highest BCUT2D eigenvalue weighted by Gasteiger charge is 2.20. The van der Waals surface area contributed by atoms with Crippen molar-refractivity contribution in [2.45, 2.75) is 33.6 Å².